The summed E-state index contributed by atoms with van der Waals surface area (Å²) in [7, 11) is 1.41. The number of aryl methyl sites for hydroxylation is 1. The van der Waals surface area contributed by atoms with Crippen molar-refractivity contribution in [2.75, 3.05) is 19.5 Å². The Morgan fingerprint density at radius 3 is 2.67 bits per heavy atom. The second-order valence-electron chi connectivity index (χ2n) is 4.30. The molecule has 3 N–H and O–H groups in total. The van der Waals surface area contributed by atoms with Crippen LogP contribution < -0.4 is 10.5 Å². The Kier molecular flexibility index (Phi) is 6.51. The van der Waals surface area contributed by atoms with Gasteiger partial charge in [-0.1, -0.05) is 11.8 Å². The molecule has 1 aromatic carbocycles. The molecule has 7 heteroatoms. The van der Waals surface area contributed by atoms with E-state index in [1.807, 2.05) is 0 Å². The Hall–Kier alpha value is -1.73. The predicted octanol–water partition coefficient (Wildman–Crippen LogP) is 1.47. The van der Waals surface area contributed by atoms with E-state index in [-0.39, 0.29) is 29.0 Å². The highest BCUT2D eigenvalue weighted by Gasteiger charge is 2.18. The smallest absolute Gasteiger partial charge is 0.323 e. The minimum atomic E-state index is -0.848. The molecule has 0 amide bonds. The Labute approximate surface area is 127 Å². The van der Waals surface area contributed by atoms with Crippen LogP contribution in [-0.4, -0.2) is 41.7 Å². The Bertz CT molecular complexity index is 532. The first-order valence-electron chi connectivity index (χ1n) is 6.37. The average molecular weight is 313 g/mol. The van der Waals surface area contributed by atoms with Gasteiger partial charge in [-0.05, 0) is 31.5 Å². The average Bonchev–Trinajstić information content (AvgIpc) is 2.47. The largest absolute Gasteiger partial charge is 0.504 e. The summed E-state index contributed by atoms with van der Waals surface area (Å²) >= 11 is 0.924. The lowest BCUT2D eigenvalue weighted by Crippen LogP contribution is -2.35. The number of carbonyl (C=O) groups is 2. The Morgan fingerprint density at radius 1 is 1.43 bits per heavy atom. The molecular weight excluding hydrogens is 294 g/mol. The van der Waals surface area contributed by atoms with Crippen molar-refractivity contribution >= 4 is 22.8 Å². The SMILES string of the molecule is CCOC(=O)[C@@H](N)CSC(=O)c1cc(C)c(O)c(OC)c1. The number of benzene rings is 1. The summed E-state index contributed by atoms with van der Waals surface area (Å²) < 4.78 is 9.77. The molecule has 0 aliphatic heterocycles. The van der Waals surface area contributed by atoms with Crippen molar-refractivity contribution in [3.63, 3.8) is 0 Å². The standard InChI is InChI=1S/C14H19NO5S/c1-4-20-13(17)10(15)7-21-14(18)9-5-8(2)12(16)11(6-9)19-3/h5-6,10,16H,4,7,15H2,1-3H3/t10-/m0/s1. The third-order valence-corrected chi connectivity index (χ3v) is 3.73. The maximum atomic E-state index is 12.1. The molecule has 116 valence electrons. The van der Waals surface area contributed by atoms with Crippen LogP contribution in [0.2, 0.25) is 0 Å². The summed E-state index contributed by atoms with van der Waals surface area (Å²) in [5.41, 5.74) is 6.54. The predicted molar refractivity (Wildman–Crippen MR) is 80.8 cm³/mol. The molecule has 21 heavy (non-hydrogen) atoms. The van der Waals surface area contributed by atoms with Gasteiger partial charge in [-0.25, -0.2) is 0 Å². The molecule has 0 aromatic heterocycles. The van der Waals surface area contributed by atoms with Crippen LogP contribution in [0, 0.1) is 6.92 Å². The van der Waals surface area contributed by atoms with Gasteiger partial charge >= 0.3 is 5.97 Å². The lowest BCUT2D eigenvalue weighted by Gasteiger charge is -2.11. The van der Waals surface area contributed by atoms with E-state index in [0.717, 1.165) is 11.8 Å². The molecule has 0 saturated carbocycles. The maximum absolute atomic E-state index is 12.1. The Balaban J connectivity index is 2.72. The van der Waals surface area contributed by atoms with E-state index >= 15 is 0 Å². The zero-order chi connectivity index (χ0) is 16.0. The minimum absolute atomic E-state index is 0.00211. The van der Waals surface area contributed by atoms with Crippen LogP contribution >= 0.6 is 11.8 Å². The van der Waals surface area contributed by atoms with Gasteiger partial charge in [-0.3, -0.25) is 9.59 Å². The lowest BCUT2D eigenvalue weighted by molar-refractivity contribution is -0.144. The number of ether oxygens (including phenoxy) is 2. The quantitative estimate of drug-likeness (QED) is 0.767. The Morgan fingerprint density at radius 2 is 2.10 bits per heavy atom. The molecule has 0 heterocycles. The fourth-order valence-corrected chi connectivity index (χ4v) is 2.34. The van der Waals surface area contributed by atoms with Gasteiger partial charge in [0.15, 0.2) is 11.5 Å². The number of methoxy groups -OCH3 is 1. The van der Waals surface area contributed by atoms with E-state index in [0.29, 0.717) is 11.1 Å². The van der Waals surface area contributed by atoms with Crippen LogP contribution in [0.25, 0.3) is 0 Å². The maximum Gasteiger partial charge on any atom is 0.323 e. The highest BCUT2D eigenvalue weighted by Crippen LogP contribution is 2.32. The number of phenolic OH excluding ortho intramolecular Hbond substituents is 1. The van der Waals surface area contributed by atoms with E-state index in [9.17, 15) is 14.7 Å². The van der Waals surface area contributed by atoms with E-state index in [1.165, 1.54) is 13.2 Å². The molecule has 0 aliphatic carbocycles. The summed E-state index contributed by atoms with van der Waals surface area (Å²) in [6, 6.07) is 2.16. The lowest BCUT2D eigenvalue weighted by atomic mass is 10.1. The van der Waals surface area contributed by atoms with Crippen molar-refractivity contribution in [3.05, 3.63) is 23.3 Å². The third kappa shape index (κ3) is 4.64. The molecule has 0 saturated heterocycles. The fourth-order valence-electron chi connectivity index (χ4n) is 1.59. The van der Waals surface area contributed by atoms with Gasteiger partial charge in [0.05, 0.1) is 13.7 Å². The van der Waals surface area contributed by atoms with Crippen molar-refractivity contribution in [1.82, 2.24) is 0 Å². The molecule has 6 nitrogen and oxygen atoms in total. The molecule has 0 aliphatic rings. The number of carbonyl (C=O) groups excluding carboxylic acids is 2. The molecule has 1 rings (SSSR count). The van der Waals surface area contributed by atoms with Gasteiger partial charge in [0.1, 0.15) is 6.04 Å². The zero-order valence-electron chi connectivity index (χ0n) is 12.2. The van der Waals surface area contributed by atoms with Crippen LogP contribution in [0.3, 0.4) is 0 Å². The number of rotatable bonds is 6. The van der Waals surface area contributed by atoms with Gasteiger partial charge in [0.25, 0.3) is 0 Å². The van der Waals surface area contributed by atoms with Crippen LogP contribution in [0.5, 0.6) is 11.5 Å². The topological polar surface area (TPSA) is 98.9 Å². The van der Waals surface area contributed by atoms with Crippen molar-refractivity contribution in [3.8, 4) is 11.5 Å². The van der Waals surface area contributed by atoms with Crippen molar-refractivity contribution in [2.45, 2.75) is 19.9 Å². The number of phenols is 1. The number of thioether (sulfide) groups is 1. The van der Waals surface area contributed by atoms with Crippen LogP contribution in [0.4, 0.5) is 0 Å². The molecule has 0 bridgehead atoms. The second kappa shape index (κ2) is 7.90. The molecule has 0 unspecified atom stereocenters. The number of hydrogen-bond donors (Lipinski definition) is 2. The number of esters is 1. The van der Waals surface area contributed by atoms with Gasteiger partial charge in [0.2, 0.25) is 5.12 Å². The van der Waals surface area contributed by atoms with Crippen molar-refractivity contribution in [2.24, 2.45) is 5.73 Å². The first kappa shape index (κ1) is 17.3. The highest BCUT2D eigenvalue weighted by molar-refractivity contribution is 8.14. The summed E-state index contributed by atoms with van der Waals surface area (Å²) in [6.45, 7) is 3.61. The van der Waals surface area contributed by atoms with E-state index < -0.39 is 12.0 Å². The fraction of sp³-hybridized carbons (Fsp3) is 0.429. The summed E-state index contributed by atoms with van der Waals surface area (Å²) in [5, 5.41) is 9.48. The van der Waals surface area contributed by atoms with Gasteiger partial charge < -0.3 is 20.3 Å². The number of nitrogens with two attached hydrogens (primary N) is 1. The van der Waals surface area contributed by atoms with Crippen LogP contribution in [-0.2, 0) is 9.53 Å². The van der Waals surface area contributed by atoms with E-state index in [4.69, 9.17) is 15.2 Å². The highest BCUT2D eigenvalue weighted by atomic mass is 32.2. The van der Waals surface area contributed by atoms with Gasteiger partial charge in [0, 0.05) is 11.3 Å². The molecule has 1 atom stereocenters. The molecule has 1 aromatic rings. The third-order valence-electron chi connectivity index (χ3n) is 2.70. The van der Waals surface area contributed by atoms with Gasteiger partial charge in [-0.2, -0.15) is 0 Å². The minimum Gasteiger partial charge on any atom is -0.504 e. The first-order chi connectivity index (χ1) is 9.90. The second-order valence-corrected chi connectivity index (χ2v) is 5.29. The molecule has 0 radical (unpaired) electrons. The summed E-state index contributed by atoms with van der Waals surface area (Å²) in [6.07, 6.45) is 0. The monoisotopic (exact) mass is 313 g/mol. The van der Waals surface area contributed by atoms with Crippen LogP contribution in [0.1, 0.15) is 22.8 Å². The number of aromatic hydroxyl groups is 1. The molecule has 0 fully saturated rings. The van der Waals surface area contributed by atoms with E-state index in [1.54, 1.807) is 19.9 Å². The normalized spacial score (nSPS) is 11.8. The van der Waals surface area contributed by atoms with E-state index in [2.05, 4.69) is 0 Å². The van der Waals surface area contributed by atoms with Gasteiger partial charge in [-0.15, -0.1) is 0 Å². The first-order valence-corrected chi connectivity index (χ1v) is 7.36. The molecule has 0 spiro atoms. The zero-order valence-corrected chi connectivity index (χ0v) is 13.0. The number of hydrogen-bond acceptors (Lipinski definition) is 7. The van der Waals surface area contributed by atoms with Crippen molar-refractivity contribution < 1.29 is 24.2 Å². The summed E-state index contributed by atoms with van der Waals surface area (Å²) in [4.78, 5) is 23.4. The van der Waals surface area contributed by atoms with Crippen molar-refractivity contribution in [1.29, 1.82) is 0 Å². The molecular formula is C14H19NO5S. The van der Waals surface area contributed by atoms with Crippen LogP contribution in [0.15, 0.2) is 12.1 Å². The summed E-state index contributed by atoms with van der Waals surface area (Å²) in [5.74, 6) is -0.173.